The van der Waals surface area contributed by atoms with Gasteiger partial charge in [-0.15, -0.1) is 0 Å². The Morgan fingerprint density at radius 3 is 2.40 bits per heavy atom. The van der Waals surface area contributed by atoms with Gasteiger partial charge in [-0.2, -0.15) is 0 Å². The quantitative estimate of drug-likeness (QED) is 0.520. The molecule has 0 saturated carbocycles. The van der Waals surface area contributed by atoms with Gasteiger partial charge in [0.15, 0.2) is 18.1 Å². The third-order valence-electron chi connectivity index (χ3n) is 4.51. The first-order chi connectivity index (χ1) is 14.3. The minimum atomic E-state index is -0.897. The van der Waals surface area contributed by atoms with E-state index >= 15 is 0 Å². The van der Waals surface area contributed by atoms with E-state index in [1.165, 1.54) is 7.11 Å². The second kappa shape index (κ2) is 11.2. The van der Waals surface area contributed by atoms with Gasteiger partial charge in [-0.1, -0.05) is 43.7 Å². The lowest BCUT2D eigenvalue weighted by atomic mass is 10.0. The zero-order chi connectivity index (χ0) is 22.1. The van der Waals surface area contributed by atoms with Gasteiger partial charge in [0.05, 0.1) is 7.11 Å². The number of nitrogens with one attached hydrogen (secondary N) is 2. The van der Waals surface area contributed by atoms with Gasteiger partial charge in [-0.3, -0.25) is 9.59 Å². The summed E-state index contributed by atoms with van der Waals surface area (Å²) in [5, 5.41) is 15.3. The molecule has 1 amide bonds. The topological polar surface area (TPSA) is 96.9 Å². The monoisotopic (exact) mass is 414 g/mol. The number of para-hydroxylation sites is 1. The molecule has 0 aliphatic carbocycles. The zero-order valence-corrected chi connectivity index (χ0v) is 17.9. The van der Waals surface area contributed by atoms with Gasteiger partial charge in [0.25, 0.3) is 5.91 Å². The number of amides is 1. The second-order valence-electron chi connectivity index (χ2n) is 7.55. The largest absolute Gasteiger partial charge is 0.493 e. The molecule has 3 N–H and O–H groups in total. The van der Waals surface area contributed by atoms with Crippen LogP contribution in [0.15, 0.2) is 42.5 Å². The average molecular weight is 415 g/mol. The van der Waals surface area contributed by atoms with Crippen molar-refractivity contribution < 1.29 is 24.2 Å². The lowest BCUT2D eigenvalue weighted by Crippen LogP contribution is -2.37. The lowest BCUT2D eigenvalue weighted by Gasteiger charge is -2.19. The summed E-state index contributed by atoms with van der Waals surface area (Å²) in [6.07, 6.45) is 0.508. The summed E-state index contributed by atoms with van der Waals surface area (Å²) in [5.74, 6) is -0.0584. The Labute approximate surface area is 177 Å². The number of ether oxygens (including phenoxy) is 2. The van der Waals surface area contributed by atoms with Crippen molar-refractivity contribution >= 4 is 17.6 Å². The predicted octanol–water partition coefficient (Wildman–Crippen LogP) is 3.61. The summed E-state index contributed by atoms with van der Waals surface area (Å²) in [6, 6.07) is 12.2. The Kier molecular flexibility index (Phi) is 8.68. The van der Waals surface area contributed by atoms with E-state index in [0.29, 0.717) is 29.2 Å². The number of carbonyl (C=O) groups is 2. The summed E-state index contributed by atoms with van der Waals surface area (Å²) in [4.78, 5) is 23.8. The predicted molar refractivity (Wildman–Crippen MR) is 116 cm³/mol. The van der Waals surface area contributed by atoms with Crippen LogP contribution in [0.3, 0.4) is 0 Å². The maximum Gasteiger partial charge on any atom is 0.320 e. The molecule has 2 aromatic rings. The number of carboxylic acid groups (broad SMARTS) is 1. The highest BCUT2D eigenvalue weighted by Crippen LogP contribution is 2.31. The van der Waals surface area contributed by atoms with Crippen LogP contribution in [0.25, 0.3) is 0 Å². The highest BCUT2D eigenvalue weighted by atomic mass is 16.5. The van der Waals surface area contributed by atoms with E-state index in [9.17, 15) is 14.7 Å². The molecule has 0 radical (unpaired) electrons. The average Bonchev–Trinajstić information content (AvgIpc) is 2.70. The lowest BCUT2D eigenvalue weighted by molar-refractivity contribution is -0.140. The number of rotatable bonds is 11. The highest BCUT2D eigenvalue weighted by Gasteiger charge is 2.20. The van der Waals surface area contributed by atoms with E-state index in [1.54, 1.807) is 12.1 Å². The zero-order valence-electron chi connectivity index (χ0n) is 17.9. The summed E-state index contributed by atoms with van der Waals surface area (Å²) in [6.45, 7) is 6.00. The number of aliphatic carboxylic acids is 1. The first kappa shape index (κ1) is 23.2. The molecular formula is C23H30N2O5. The Morgan fingerprint density at radius 1 is 1.10 bits per heavy atom. The molecule has 0 heterocycles. The van der Waals surface area contributed by atoms with Gasteiger partial charge in [0, 0.05) is 17.8 Å². The van der Waals surface area contributed by atoms with E-state index in [-0.39, 0.29) is 25.0 Å². The Bertz CT molecular complexity index is 849. The third kappa shape index (κ3) is 7.08. The van der Waals surface area contributed by atoms with Crippen molar-refractivity contribution in [1.29, 1.82) is 0 Å². The minimum Gasteiger partial charge on any atom is -0.493 e. The van der Waals surface area contributed by atoms with Gasteiger partial charge in [0.1, 0.15) is 6.04 Å². The molecule has 7 heteroatoms. The van der Waals surface area contributed by atoms with E-state index < -0.39 is 12.0 Å². The summed E-state index contributed by atoms with van der Waals surface area (Å²) < 4.78 is 11.1. The normalized spacial score (nSPS) is 11.8. The van der Waals surface area contributed by atoms with Crippen LogP contribution in [0.1, 0.15) is 31.4 Å². The van der Waals surface area contributed by atoms with Crippen LogP contribution in [0, 0.1) is 12.8 Å². The summed E-state index contributed by atoms with van der Waals surface area (Å²) in [5.41, 5.74) is 2.51. The summed E-state index contributed by atoms with van der Waals surface area (Å²) in [7, 11) is 1.52. The SMILES string of the molecule is COc1cccc(CNC(CC(C)C)C(=O)O)c1OCC(=O)Nc1ccc(C)cc1. The van der Waals surface area contributed by atoms with Crippen LogP contribution in [-0.4, -0.2) is 36.7 Å². The van der Waals surface area contributed by atoms with E-state index in [0.717, 1.165) is 5.56 Å². The molecule has 1 unspecified atom stereocenters. The fourth-order valence-corrected chi connectivity index (χ4v) is 2.97. The number of hydrogen-bond acceptors (Lipinski definition) is 5. The first-order valence-corrected chi connectivity index (χ1v) is 9.91. The Balaban J connectivity index is 2.06. The second-order valence-corrected chi connectivity index (χ2v) is 7.55. The van der Waals surface area contributed by atoms with Crippen LogP contribution >= 0.6 is 0 Å². The number of hydrogen-bond donors (Lipinski definition) is 3. The number of methoxy groups -OCH3 is 1. The smallest absolute Gasteiger partial charge is 0.320 e. The Morgan fingerprint density at radius 2 is 1.80 bits per heavy atom. The van der Waals surface area contributed by atoms with E-state index in [1.807, 2.05) is 51.1 Å². The molecule has 0 spiro atoms. The van der Waals surface area contributed by atoms with Crippen molar-refractivity contribution in [1.82, 2.24) is 5.32 Å². The molecule has 2 rings (SSSR count). The molecule has 0 bridgehead atoms. The van der Waals surface area contributed by atoms with E-state index in [4.69, 9.17) is 9.47 Å². The van der Waals surface area contributed by atoms with Crippen molar-refractivity contribution in [3.63, 3.8) is 0 Å². The van der Waals surface area contributed by atoms with Crippen LogP contribution in [0.2, 0.25) is 0 Å². The van der Waals surface area contributed by atoms with Crippen LogP contribution in [0.4, 0.5) is 5.69 Å². The number of anilines is 1. The van der Waals surface area contributed by atoms with Crippen molar-refractivity contribution in [2.75, 3.05) is 19.0 Å². The van der Waals surface area contributed by atoms with Gasteiger partial charge in [-0.25, -0.2) is 0 Å². The van der Waals surface area contributed by atoms with Crippen LogP contribution in [0.5, 0.6) is 11.5 Å². The van der Waals surface area contributed by atoms with Crippen molar-refractivity contribution in [3.8, 4) is 11.5 Å². The third-order valence-corrected chi connectivity index (χ3v) is 4.51. The fourth-order valence-electron chi connectivity index (χ4n) is 2.97. The first-order valence-electron chi connectivity index (χ1n) is 9.91. The fraction of sp³-hybridized carbons (Fsp3) is 0.391. The summed E-state index contributed by atoms with van der Waals surface area (Å²) >= 11 is 0. The molecule has 0 aliphatic rings. The highest BCUT2D eigenvalue weighted by molar-refractivity contribution is 5.91. The van der Waals surface area contributed by atoms with Gasteiger partial charge < -0.3 is 25.2 Å². The van der Waals surface area contributed by atoms with E-state index in [2.05, 4.69) is 10.6 Å². The molecule has 30 heavy (non-hydrogen) atoms. The number of aryl methyl sites for hydroxylation is 1. The van der Waals surface area contributed by atoms with Gasteiger partial charge in [0.2, 0.25) is 0 Å². The maximum atomic E-state index is 12.3. The van der Waals surface area contributed by atoms with Crippen molar-refractivity contribution in [2.45, 2.75) is 39.8 Å². The molecule has 0 aromatic heterocycles. The Hall–Kier alpha value is -3.06. The molecule has 0 fully saturated rings. The molecule has 0 aliphatic heterocycles. The van der Waals surface area contributed by atoms with Gasteiger partial charge in [-0.05, 0) is 37.5 Å². The minimum absolute atomic E-state index is 0.199. The van der Waals surface area contributed by atoms with Gasteiger partial charge >= 0.3 is 5.97 Å². The number of benzene rings is 2. The molecule has 162 valence electrons. The van der Waals surface area contributed by atoms with Crippen LogP contribution in [-0.2, 0) is 16.1 Å². The molecular weight excluding hydrogens is 384 g/mol. The van der Waals surface area contributed by atoms with Crippen LogP contribution < -0.4 is 20.1 Å². The number of carboxylic acids is 1. The number of carbonyl (C=O) groups excluding carboxylic acids is 1. The molecule has 1 atom stereocenters. The molecule has 7 nitrogen and oxygen atoms in total. The van der Waals surface area contributed by atoms with Crippen molar-refractivity contribution in [3.05, 3.63) is 53.6 Å². The maximum absolute atomic E-state index is 12.3. The standard InChI is InChI=1S/C23H30N2O5/c1-15(2)12-19(23(27)28)24-13-17-6-5-7-20(29-4)22(17)30-14-21(26)25-18-10-8-16(3)9-11-18/h5-11,15,19,24H,12-14H2,1-4H3,(H,25,26)(H,27,28). The molecule has 0 saturated heterocycles. The molecule has 2 aromatic carbocycles. The van der Waals surface area contributed by atoms with Crippen molar-refractivity contribution in [2.24, 2.45) is 5.92 Å².